The van der Waals surface area contributed by atoms with Crippen molar-refractivity contribution in [3.05, 3.63) is 96.2 Å². The van der Waals surface area contributed by atoms with Gasteiger partial charge >= 0.3 is 0 Å². The van der Waals surface area contributed by atoms with Gasteiger partial charge in [0, 0.05) is 11.6 Å². The fourth-order valence-electron chi connectivity index (χ4n) is 3.29. The maximum Gasteiger partial charge on any atom is 0.279 e. The van der Waals surface area contributed by atoms with Crippen LogP contribution in [-0.2, 0) is 18.8 Å². The molecule has 0 saturated heterocycles. The summed E-state index contributed by atoms with van der Waals surface area (Å²) in [7, 11) is 0. The highest BCUT2D eigenvalue weighted by Gasteiger charge is 2.51. The summed E-state index contributed by atoms with van der Waals surface area (Å²) >= 11 is 0. The molecule has 0 saturated carbocycles. The molecule has 0 aliphatic carbocycles. The minimum absolute atomic E-state index is 0.528. The van der Waals surface area contributed by atoms with Gasteiger partial charge < -0.3 is 5.11 Å². The van der Waals surface area contributed by atoms with E-state index in [1.54, 1.807) is 0 Å². The summed E-state index contributed by atoms with van der Waals surface area (Å²) in [6, 6.07) is 26.2. The third kappa shape index (κ3) is 2.39. The Bertz CT molecular complexity index is 804. The lowest BCUT2D eigenvalue weighted by Crippen LogP contribution is -2.45. The van der Waals surface area contributed by atoms with E-state index in [2.05, 4.69) is 27.7 Å². The third-order valence-electron chi connectivity index (χ3n) is 4.45. The van der Waals surface area contributed by atoms with E-state index in [0.717, 1.165) is 11.4 Å². The number of rotatable bonds is 3. The van der Waals surface area contributed by atoms with Crippen molar-refractivity contribution in [2.24, 2.45) is 0 Å². The highest BCUT2D eigenvalue weighted by atomic mass is 16.3. The number of hydrogen-bond donors (Lipinski definition) is 1. The van der Waals surface area contributed by atoms with Crippen molar-refractivity contribution < 1.29 is 9.67 Å². The average Bonchev–Trinajstić information content (AvgIpc) is 2.90. The van der Waals surface area contributed by atoms with Crippen LogP contribution in [0.1, 0.15) is 11.1 Å². The van der Waals surface area contributed by atoms with Gasteiger partial charge in [0.05, 0.1) is 6.20 Å². The van der Waals surface area contributed by atoms with Gasteiger partial charge in [-0.2, -0.15) is 0 Å². The normalized spacial score (nSPS) is 19.6. The first-order chi connectivity index (χ1) is 11.3. The molecule has 0 bridgehead atoms. The van der Waals surface area contributed by atoms with Gasteiger partial charge in [-0.05, 0) is 11.6 Å². The van der Waals surface area contributed by atoms with Crippen LogP contribution in [0.4, 0.5) is 5.82 Å². The molecule has 1 aliphatic heterocycles. The Labute approximate surface area is 136 Å². The van der Waals surface area contributed by atoms with Gasteiger partial charge in [0.2, 0.25) is 0 Å². The fraction of sp³-hybridized carbons (Fsp3) is 0.150. The van der Waals surface area contributed by atoms with Crippen LogP contribution in [0.5, 0.6) is 0 Å². The largest absolute Gasteiger partial charge is 0.346 e. The van der Waals surface area contributed by atoms with E-state index < -0.39 is 5.72 Å². The minimum Gasteiger partial charge on any atom is -0.346 e. The summed E-state index contributed by atoms with van der Waals surface area (Å²) in [5.41, 5.74) is 1.06. The van der Waals surface area contributed by atoms with Crippen LogP contribution in [0.25, 0.3) is 0 Å². The van der Waals surface area contributed by atoms with Crippen molar-refractivity contribution in [2.75, 3.05) is 4.90 Å². The zero-order valence-corrected chi connectivity index (χ0v) is 12.8. The van der Waals surface area contributed by atoms with E-state index in [9.17, 15) is 5.11 Å². The first kappa shape index (κ1) is 14.0. The summed E-state index contributed by atoms with van der Waals surface area (Å²) in [5.74, 6) is 1.03. The number of nitrogens with zero attached hydrogens (tertiary/aromatic N) is 2. The predicted octanol–water partition coefficient (Wildman–Crippen LogP) is 2.84. The third-order valence-corrected chi connectivity index (χ3v) is 4.45. The second-order valence-electron chi connectivity index (χ2n) is 5.94. The summed E-state index contributed by atoms with van der Waals surface area (Å²) in [6.45, 7) is 1.19. The lowest BCUT2D eigenvalue weighted by Gasteiger charge is -2.27. The molecule has 0 amide bonds. The number of hydrogen-bond acceptors (Lipinski definition) is 2. The molecule has 114 valence electrons. The number of aliphatic hydroxyl groups is 1. The molecular formula is C20H19N2O+. The van der Waals surface area contributed by atoms with Crippen molar-refractivity contribution >= 4 is 5.82 Å². The van der Waals surface area contributed by atoms with E-state index >= 15 is 0 Å². The molecule has 1 aromatic heterocycles. The predicted molar refractivity (Wildman–Crippen MR) is 89.6 cm³/mol. The molecule has 1 N–H and O–H groups in total. The van der Waals surface area contributed by atoms with Crippen LogP contribution >= 0.6 is 0 Å². The number of anilines is 1. The van der Waals surface area contributed by atoms with Crippen molar-refractivity contribution in [1.82, 2.24) is 0 Å². The zero-order valence-electron chi connectivity index (χ0n) is 12.8. The monoisotopic (exact) mass is 303 g/mol. The first-order valence-electron chi connectivity index (χ1n) is 7.85. The van der Waals surface area contributed by atoms with E-state index in [-0.39, 0.29) is 0 Å². The Morgan fingerprint density at radius 2 is 1.52 bits per heavy atom. The quantitative estimate of drug-likeness (QED) is 0.753. The van der Waals surface area contributed by atoms with Gasteiger partial charge in [-0.15, -0.1) is 0 Å². The second kappa shape index (κ2) is 5.52. The van der Waals surface area contributed by atoms with E-state index in [1.165, 1.54) is 5.56 Å². The Hall–Kier alpha value is -2.65. The zero-order chi connectivity index (χ0) is 15.7. The molecule has 0 spiro atoms. The fourth-order valence-corrected chi connectivity index (χ4v) is 3.29. The Kier molecular flexibility index (Phi) is 3.36. The lowest BCUT2D eigenvalue weighted by atomic mass is 10.0. The maximum absolute atomic E-state index is 11.5. The second-order valence-corrected chi connectivity index (χ2v) is 5.94. The average molecular weight is 303 g/mol. The van der Waals surface area contributed by atoms with Crippen molar-refractivity contribution in [3.8, 4) is 0 Å². The van der Waals surface area contributed by atoms with Gasteiger partial charge in [-0.1, -0.05) is 66.7 Å². The molecule has 3 aromatic rings. The Balaban J connectivity index is 1.80. The number of pyridine rings is 1. The van der Waals surface area contributed by atoms with Gasteiger partial charge in [-0.3, -0.25) is 0 Å². The van der Waals surface area contributed by atoms with Crippen LogP contribution in [-0.4, -0.2) is 5.11 Å². The van der Waals surface area contributed by atoms with Crippen LogP contribution in [0.2, 0.25) is 0 Å². The summed E-state index contributed by atoms with van der Waals surface area (Å²) in [4.78, 5) is 2.08. The van der Waals surface area contributed by atoms with Gasteiger partial charge in [0.25, 0.3) is 11.5 Å². The number of fused-ring (bicyclic) bond motifs is 1. The molecule has 4 rings (SSSR count). The van der Waals surface area contributed by atoms with Crippen molar-refractivity contribution in [3.63, 3.8) is 0 Å². The minimum atomic E-state index is -1.04. The SMILES string of the molecule is O[C@]1(c2ccccc2)C[n+]2ccccc2N1Cc1ccccc1. The lowest BCUT2D eigenvalue weighted by molar-refractivity contribution is -0.683. The van der Waals surface area contributed by atoms with Crippen LogP contribution < -0.4 is 9.47 Å². The van der Waals surface area contributed by atoms with Gasteiger partial charge in [0.1, 0.15) is 6.54 Å². The van der Waals surface area contributed by atoms with Crippen molar-refractivity contribution in [1.29, 1.82) is 0 Å². The van der Waals surface area contributed by atoms with Crippen LogP contribution in [0.15, 0.2) is 85.1 Å². The van der Waals surface area contributed by atoms with E-state index in [0.29, 0.717) is 13.1 Å². The Morgan fingerprint density at radius 3 is 2.26 bits per heavy atom. The van der Waals surface area contributed by atoms with Crippen LogP contribution in [0.3, 0.4) is 0 Å². The molecule has 23 heavy (non-hydrogen) atoms. The molecule has 3 heteroatoms. The summed E-state index contributed by atoms with van der Waals surface area (Å²) < 4.78 is 2.11. The topological polar surface area (TPSA) is 27.4 Å². The highest BCUT2D eigenvalue weighted by molar-refractivity contribution is 5.44. The molecule has 0 unspecified atom stereocenters. The molecule has 2 aromatic carbocycles. The maximum atomic E-state index is 11.5. The Morgan fingerprint density at radius 1 is 0.870 bits per heavy atom. The molecule has 0 fully saturated rings. The molecule has 1 aliphatic rings. The van der Waals surface area contributed by atoms with Crippen molar-refractivity contribution in [2.45, 2.75) is 18.8 Å². The van der Waals surface area contributed by atoms with Gasteiger partial charge in [-0.25, -0.2) is 9.47 Å². The molecule has 0 radical (unpaired) electrons. The van der Waals surface area contributed by atoms with Gasteiger partial charge in [0.15, 0.2) is 6.54 Å². The highest BCUT2D eigenvalue weighted by Crippen LogP contribution is 2.35. The molecule has 2 heterocycles. The molecular weight excluding hydrogens is 284 g/mol. The van der Waals surface area contributed by atoms with E-state index in [1.807, 2.05) is 66.9 Å². The first-order valence-corrected chi connectivity index (χ1v) is 7.85. The summed E-state index contributed by atoms with van der Waals surface area (Å²) in [6.07, 6.45) is 2.02. The standard InChI is InChI=1S/C20H19N2O/c23-20(18-11-5-2-6-12-18)16-21-14-8-7-13-19(21)22(20)15-17-9-3-1-4-10-17/h1-14,23H,15-16H2/q+1/t20-/m0/s1. The molecule has 1 atom stereocenters. The van der Waals surface area contributed by atoms with E-state index in [4.69, 9.17) is 0 Å². The smallest absolute Gasteiger partial charge is 0.279 e. The number of benzene rings is 2. The summed E-state index contributed by atoms with van der Waals surface area (Å²) in [5, 5.41) is 11.5. The number of aromatic nitrogens is 1. The van der Waals surface area contributed by atoms with Crippen LogP contribution in [0, 0.1) is 0 Å². The molecule has 3 nitrogen and oxygen atoms in total.